The van der Waals surface area contributed by atoms with Crippen molar-refractivity contribution in [2.45, 2.75) is 20.8 Å². The summed E-state index contributed by atoms with van der Waals surface area (Å²) in [5.74, 6) is -1.28. The van der Waals surface area contributed by atoms with Crippen molar-refractivity contribution < 1.29 is 19.2 Å². The molecule has 6 heteroatoms. The van der Waals surface area contributed by atoms with Crippen molar-refractivity contribution in [2.24, 2.45) is 5.92 Å². The van der Waals surface area contributed by atoms with E-state index in [1.54, 1.807) is 27.8 Å². The fourth-order valence-corrected chi connectivity index (χ4v) is 1.37. The number of carboxylic acid groups (broad SMARTS) is 1. The zero-order valence-electron chi connectivity index (χ0n) is 10.4. The Kier molecular flexibility index (Phi) is 3.88. The largest absolute Gasteiger partial charge is 0.481 e. The van der Waals surface area contributed by atoms with E-state index in [0.29, 0.717) is 11.3 Å². The van der Waals surface area contributed by atoms with Gasteiger partial charge < -0.3 is 14.5 Å². The highest BCUT2D eigenvalue weighted by atomic mass is 16.5. The summed E-state index contributed by atoms with van der Waals surface area (Å²) in [7, 11) is 1.55. The number of carbonyl (C=O) groups excluding carboxylic acids is 1. The van der Waals surface area contributed by atoms with Crippen molar-refractivity contribution in [2.75, 3.05) is 13.6 Å². The van der Waals surface area contributed by atoms with E-state index < -0.39 is 11.9 Å². The summed E-state index contributed by atoms with van der Waals surface area (Å²) in [5, 5.41) is 12.4. The van der Waals surface area contributed by atoms with Gasteiger partial charge in [0, 0.05) is 19.2 Å². The SMILES string of the molecule is Cc1onc(C(=O)N(C)CC(C)C(=O)O)c1C. The van der Waals surface area contributed by atoms with Gasteiger partial charge in [-0.3, -0.25) is 9.59 Å². The Morgan fingerprint density at radius 1 is 1.47 bits per heavy atom. The van der Waals surface area contributed by atoms with Gasteiger partial charge in [-0.15, -0.1) is 0 Å². The third-order valence-electron chi connectivity index (χ3n) is 2.68. The highest BCUT2D eigenvalue weighted by Gasteiger charge is 2.23. The minimum absolute atomic E-state index is 0.138. The fourth-order valence-electron chi connectivity index (χ4n) is 1.37. The fraction of sp³-hybridized carbons (Fsp3) is 0.545. The van der Waals surface area contributed by atoms with E-state index in [0.717, 1.165) is 0 Å². The minimum Gasteiger partial charge on any atom is -0.481 e. The molecular weight excluding hydrogens is 224 g/mol. The molecule has 94 valence electrons. The summed E-state index contributed by atoms with van der Waals surface area (Å²) < 4.78 is 4.91. The van der Waals surface area contributed by atoms with Crippen LogP contribution in [0, 0.1) is 19.8 Å². The molecule has 1 atom stereocenters. The highest BCUT2D eigenvalue weighted by Crippen LogP contribution is 2.13. The van der Waals surface area contributed by atoms with Gasteiger partial charge in [-0.05, 0) is 13.8 Å². The molecule has 1 amide bonds. The lowest BCUT2D eigenvalue weighted by Crippen LogP contribution is -2.34. The number of hydrogen-bond donors (Lipinski definition) is 1. The number of amides is 1. The van der Waals surface area contributed by atoms with Gasteiger partial charge in [0.25, 0.3) is 5.91 Å². The van der Waals surface area contributed by atoms with Gasteiger partial charge in [0.15, 0.2) is 5.69 Å². The first-order chi connectivity index (χ1) is 7.84. The van der Waals surface area contributed by atoms with Crippen molar-refractivity contribution >= 4 is 11.9 Å². The third-order valence-corrected chi connectivity index (χ3v) is 2.68. The molecule has 1 N–H and O–H groups in total. The van der Waals surface area contributed by atoms with Crippen LogP contribution in [0.3, 0.4) is 0 Å². The number of aryl methyl sites for hydroxylation is 1. The molecule has 1 heterocycles. The first kappa shape index (κ1) is 13.2. The molecule has 0 saturated carbocycles. The van der Waals surface area contributed by atoms with Gasteiger partial charge in [-0.25, -0.2) is 0 Å². The number of carbonyl (C=O) groups is 2. The molecule has 0 aliphatic heterocycles. The van der Waals surface area contributed by atoms with Gasteiger partial charge >= 0.3 is 5.97 Å². The number of hydrogen-bond acceptors (Lipinski definition) is 4. The number of aromatic nitrogens is 1. The van der Waals surface area contributed by atoms with Crippen molar-refractivity contribution in [1.82, 2.24) is 10.1 Å². The average molecular weight is 240 g/mol. The molecule has 1 rings (SSSR count). The quantitative estimate of drug-likeness (QED) is 0.851. The predicted molar refractivity (Wildman–Crippen MR) is 59.7 cm³/mol. The molecule has 0 saturated heterocycles. The van der Waals surface area contributed by atoms with Gasteiger partial charge in [0.05, 0.1) is 5.92 Å². The van der Waals surface area contributed by atoms with Crippen molar-refractivity contribution in [3.8, 4) is 0 Å². The van der Waals surface area contributed by atoms with Gasteiger partial charge in [0.1, 0.15) is 5.76 Å². The minimum atomic E-state index is -0.933. The second kappa shape index (κ2) is 4.99. The van der Waals surface area contributed by atoms with Gasteiger partial charge in [-0.1, -0.05) is 12.1 Å². The first-order valence-corrected chi connectivity index (χ1v) is 5.25. The lowest BCUT2D eigenvalue weighted by Gasteiger charge is -2.18. The molecule has 0 bridgehead atoms. The van der Waals surface area contributed by atoms with Crippen LogP contribution in [-0.4, -0.2) is 40.6 Å². The van der Waals surface area contributed by atoms with Crippen LogP contribution >= 0.6 is 0 Å². The second-order valence-corrected chi connectivity index (χ2v) is 4.14. The number of carboxylic acids is 1. The van der Waals surface area contributed by atoms with E-state index in [4.69, 9.17) is 9.63 Å². The molecule has 0 spiro atoms. The Bertz CT molecular complexity index is 439. The molecule has 1 unspecified atom stereocenters. The van der Waals surface area contributed by atoms with E-state index >= 15 is 0 Å². The van der Waals surface area contributed by atoms with Gasteiger partial charge in [-0.2, -0.15) is 0 Å². The van der Waals surface area contributed by atoms with E-state index in [-0.39, 0.29) is 18.1 Å². The number of nitrogens with zero attached hydrogens (tertiary/aromatic N) is 2. The summed E-state index contributed by atoms with van der Waals surface area (Å²) in [6.07, 6.45) is 0. The standard InChI is InChI=1S/C11H16N2O4/c1-6(11(15)16)5-13(4)10(14)9-7(2)8(3)17-12-9/h6H,5H2,1-4H3,(H,15,16). The Labute approximate surface area is 99.2 Å². The highest BCUT2D eigenvalue weighted by molar-refractivity contribution is 5.93. The monoisotopic (exact) mass is 240 g/mol. The number of rotatable bonds is 4. The van der Waals surface area contributed by atoms with Crippen molar-refractivity contribution in [3.05, 3.63) is 17.0 Å². The maximum Gasteiger partial charge on any atom is 0.308 e. The Balaban J connectivity index is 2.77. The van der Waals surface area contributed by atoms with E-state index in [1.807, 2.05) is 0 Å². The summed E-state index contributed by atoms with van der Waals surface area (Å²) in [6.45, 7) is 5.15. The normalized spacial score (nSPS) is 12.2. The van der Waals surface area contributed by atoms with Crippen LogP contribution in [0.15, 0.2) is 4.52 Å². The summed E-state index contributed by atoms with van der Waals surface area (Å²) in [4.78, 5) is 24.0. The maximum atomic E-state index is 11.9. The molecule has 1 aromatic rings. The molecule has 6 nitrogen and oxygen atoms in total. The van der Waals surface area contributed by atoms with Crippen molar-refractivity contribution in [3.63, 3.8) is 0 Å². The summed E-state index contributed by atoms with van der Waals surface area (Å²) >= 11 is 0. The summed E-state index contributed by atoms with van der Waals surface area (Å²) in [6, 6.07) is 0. The second-order valence-electron chi connectivity index (χ2n) is 4.14. The molecule has 1 aromatic heterocycles. The first-order valence-electron chi connectivity index (χ1n) is 5.25. The lowest BCUT2D eigenvalue weighted by atomic mass is 10.1. The summed E-state index contributed by atoms with van der Waals surface area (Å²) in [5.41, 5.74) is 0.924. The van der Waals surface area contributed by atoms with Crippen LogP contribution in [-0.2, 0) is 4.79 Å². The number of aliphatic carboxylic acids is 1. The van der Waals surface area contributed by atoms with Crippen LogP contribution in [0.1, 0.15) is 28.7 Å². The van der Waals surface area contributed by atoms with Crippen LogP contribution in [0.5, 0.6) is 0 Å². The molecular formula is C11H16N2O4. The Morgan fingerprint density at radius 2 is 2.06 bits per heavy atom. The maximum absolute atomic E-state index is 11.9. The van der Waals surface area contributed by atoms with Crippen LogP contribution < -0.4 is 0 Å². The molecule has 0 aromatic carbocycles. The van der Waals surface area contributed by atoms with Crippen molar-refractivity contribution in [1.29, 1.82) is 0 Å². The predicted octanol–water partition coefficient (Wildman–Crippen LogP) is 1.08. The zero-order valence-corrected chi connectivity index (χ0v) is 10.4. The van der Waals surface area contributed by atoms with E-state index in [9.17, 15) is 9.59 Å². The van der Waals surface area contributed by atoms with Gasteiger partial charge in [0.2, 0.25) is 0 Å². The molecule has 0 aliphatic carbocycles. The zero-order chi connectivity index (χ0) is 13.2. The smallest absolute Gasteiger partial charge is 0.308 e. The molecule has 0 fully saturated rings. The van der Waals surface area contributed by atoms with Crippen LogP contribution in [0.4, 0.5) is 0 Å². The Hall–Kier alpha value is -1.85. The average Bonchev–Trinajstić information content (AvgIpc) is 2.58. The third kappa shape index (κ3) is 2.83. The van der Waals surface area contributed by atoms with Crippen LogP contribution in [0.25, 0.3) is 0 Å². The lowest BCUT2D eigenvalue weighted by molar-refractivity contribution is -0.141. The Morgan fingerprint density at radius 3 is 2.47 bits per heavy atom. The molecule has 0 aliphatic rings. The molecule has 17 heavy (non-hydrogen) atoms. The topological polar surface area (TPSA) is 83.6 Å². The molecule has 0 radical (unpaired) electrons. The van der Waals surface area contributed by atoms with E-state index in [1.165, 1.54) is 4.90 Å². The van der Waals surface area contributed by atoms with Crippen LogP contribution in [0.2, 0.25) is 0 Å². The van der Waals surface area contributed by atoms with E-state index in [2.05, 4.69) is 5.16 Å².